The Hall–Kier alpha value is -0.840. The zero-order valence-electron chi connectivity index (χ0n) is 12.9. The van der Waals surface area contributed by atoms with Gasteiger partial charge in [-0.1, -0.05) is 32.4 Å². The number of hydrogen-bond acceptors (Lipinski definition) is 4. The predicted octanol–water partition coefficient (Wildman–Crippen LogP) is 2.95. The van der Waals surface area contributed by atoms with E-state index in [9.17, 15) is 0 Å². The van der Waals surface area contributed by atoms with E-state index in [1.165, 1.54) is 0 Å². The topological polar surface area (TPSA) is 37.4 Å². The number of hydrogen-bond donors (Lipinski definition) is 1. The van der Waals surface area contributed by atoms with E-state index in [-0.39, 0.29) is 0 Å². The molecule has 0 fully saturated rings. The lowest BCUT2D eigenvalue weighted by Crippen LogP contribution is -2.32. The van der Waals surface area contributed by atoms with E-state index in [1.807, 2.05) is 12.1 Å². The first kappa shape index (κ1) is 17.2. The van der Waals surface area contributed by atoms with Gasteiger partial charge in [0.15, 0.2) is 0 Å². The molecular weight excluding hydrogens is 274 g/mol. The molecule has 1 heterocycles. The summed E-state index contributed by atoms with van der Waals surface area (Å²) in [4.78, 5) is 6.94. The number of methoxy groups -OCH3 is 1. The van der Waals surface area contributed by atoms with Crippen molar-refractivity contribution in [2.75, 3.05) is 38.3 Å². The molecule has 1 rings (SSSR count). The summed E-state index contributed by atoms with van der Waals surface area (Å²) in [6.45, 7) is 10.6. The van der Waals surface area contributed by atoms with Gasteiger partial charge in [-0.25, -0.2) is 4.98 Å². The van der Waals surface area contributed by atoms with Crippen LogP contribution in [-0.2, 0) is 11.3 Å². The lowest BCUT2D eigenvalue weighted by Gasteiger charge is -2.26. The molecule has 1 aromatic rings. The van der Waals surface area contributed by atoms with Crippen molar-refractivity contribution in [2.45, 2.75) is 27.3 Å². The van der Waals surface area contributed by atoms with Crippen molar-refractivity contribution in [3.63, 3.8) is 0 Å². The van der Waals surface area contributed by atoms with Crippen LogP contribution in [-0.4, -0.2) is 38.3 Å². The van der Waals surface area contributed by atoms with Crippen molar-refractivity contribution in [3.05, 3.63) is 22.8 Å². The Morgan fingerprint density at radius 2 is 2.15 bits per heavy atom. The second-order valence-electron chi connectivity index (χ2n) is 5.21. The molecule has 0 radical (unpaired) electrons. The molecule has 0 spiro atoms. The van der Waals surface area contributed by atoms with Gasteiger partial charge in [-0.2, -0.15) is 0 Å². The molecule has 0 atom stereocenters. The summed E-state index contributed by atoms with van der Waals surface area (Å²) in [5.41, 5.74) is 0.900. The standard InChI is InChI=1S/C15H26ClN3O/c1-5-17-10-14-13(16)6-7-15(18-14)19(8-9-20-4)11-12(2)3/h6-7,12,17H,5,8-11H2,1-4H3. The first-order valence-electron chi connectivity index (χ1n) is 7.18. The lowest BCUT2D eigenvalue weighted by atomic mass is 10.2. The predicted molar refractivity (Wildman–Crippen MR) is 85.6 cm³/mol. The molecule has 5 heteroatoms. The highest BCUT2D eigenvalue weighted by Crippen LogP contribution is 2.20. The number of anilines is 1. The van der Waals surface area contributed by atoms with Gasteiger partial charge in [-0.05, 0) is 24.6 Å². The van der Waals surface area contributed by atoms with Crippen molar-refractivity contribution in [2.24, 2.45) is 5.92 Å². The third kappa shape index (κ3) is 5.65. The molecule has 0 amide bonds. The molecule has 0 saturated heterocycles. The van der Waals surface area contributed by atoms with Crippen LogP contribution >= 0.6 is 11.6 Å². The van der Waals surface area contributed by atoms with E-state index in [2.05, 4.69) is 31.0 Å². The second kappa shape index (κ2) is 9.16. The summed E-state index contributed by atoms with van der Waals surface area (Å²) in [5, 5.41) is 3.98. The van der Waals surface area contributed by atoms with E-state index in [0.717, 1.165) is 31.1 Å². The van der Waals surface area contributed by atoms with Gasteiger partial charge in [0.05, 0.1) is 17.3 Å². The summed E-state index contributed by atoms with van der Waals surface area (Å²) >= 11 is 6.20. The van der Waals surface area contributed by atoms with Crippen molar-refractivity contribution in [1.82, 2.24) is 10.3 Å². The van der Waals surface area contributed by atoms with Crippen molar-refractivity contribution >= 4 is 17.4 Å². The molecule has 0 aliphatic rings. The fourth-order valence-corrected chi connectivity index (χ4v) is 2.13. The minimum atomic E-state index is 0.571. The van der Waals surface area contributed by atoms with E-state index < -0.39 is 0 Å². The smallest absolute Gasteiger partial charge is 0.129 e. The zero-order chi connectivity index (χ0) is 15.0. The second-order valence-corrected chi connectivity index (χ2v) is 5.62. The van der Waals surface area contributed by atoms with Crippen LogP contribution in [0, 0.1) is 5.92 Å². The molecule has 4 nitrogen and oxygen atoms in total. The highest BCUT2D eigenvalue weighted by molar-refractivity contribution is 6.31. The molecule has 114 valence electrons. The summed E-state index contributed by atoms with van der Waals surface area (Å²) in [6, 6.07) is 3.91. The van der Waals surface area contributed by atoms with E-state index >= 15 is 0 Å². The molecule has 0 aliphatic heterocycles. The Balaban J connectivity index is 2.88. The van der Waals surface area contributed by atoms with Crippen molar-refractivity contribution < 1.29 is 4.74 Å². The average Bonchev–Trinajstić information content (AvgIpc) is 2.42. The molecule has 1 N–H and O–H groups in total. The Bertz CT molecular complexity index is 399. The van der Waals surface area contributed by atoms with Gasteiger partial charge in [-0.3, -0.25) is 0 Å². The van der Waals surface area contributed by atoms with Crippen LogP contribution < -0.4 is 10.2 Å². The van der Waals surface area contributed by atoms with Crippen LogP contribution in [0.1, 0.15) is 26.5 Å². The Labute approximate surface area is 127 Å². The maximum Gasteiger partial charge on any atom is 0.129 e. The van der Waals surface area contributed by atoms with Crippen LogP contribution in [0.4, 0.5) is 5.82 Å². The maximum atomic E-state index is 6.20. The SMILES string of the molecule is CCNCc1nc(N(CCOC)CC(C)C)ccc1Cl. The average molecular weight is 300 g/mol. The van der Waals surface area contributed by atoms with Gasteiger partial charge in [-0.15, -0.1) is 0 Å². The van der Waals surface area contributed by atoms with Crippen LogP contribution in [0.25, 0.3) is 0 Å². The number of pyridine rings is 1. The van der Waals surface area contributed by atoms with Gasteiger partial charge in [0.25, 0.3) is 0 Å². The third-order valence-corrected chi connectivity index (χ3v) is 3.27. The fourth-order valence-electron chi connectivity index (χ4n) is 1.96. The van der Waals surface area contributed by atoms with E-state index in [1.54, 1.807) is 7.11 Å². The number of rotatable bonds is 9. The molecule has 20 heavy (non-hydrogen) atoms. The van der Waals surface area contributed by atoms with Crippen molar-refractivity contribution in [1.29, 1.82) is 0 Å². The summed E-state index contributed by atoms with van der Waals surface area (Å²) in [7, 11) is 1.72. The van der Waals surface area contributed by atoms with Gasteiger partial charge >= 0.3 is 0 Å². The van der Waals surface area contributed by atoms with Crippen molar-refractivity contribution in [3.8, 4) is 0 Å². The first-order chi connectivity index (χ1) is 9.58. The number of ether oxygens (including phenoxy) is 1. The third-order valence-electron chi connectivity index (χ3n) is 2.92. The highest BCUT2D eigenvalue weighted by Gasteiger charge is 2.12. The van der Waals surface area contributed by atoms with Crippen LogP contribution in [0.15, 0.2) is 12.1 Å². The summed E-state index contributed by atoms with van der Waals surface area (Å²) in [5.74, 6) is 1.54. The Morgan fingerprint density at radius 3 is 2.75 bits per heavy atom. The molecule has 1 aromatic heterocycles. The first-order valence-corrected chi connectivity index (χ1v) is 7.56. The maximum absolute atomic E-state index is 6.20. The minimum Gasteiger partial charge on any atom is -0.383 e. The van der Waals surface area contributed by atoms with Crippen LogP contribution in [0.5, 0.6) is 0 Å². The van der Waals surface area contributed by atoms with Gasteiger partial charge in [0.1, 0.15) is 5.82 Å². The zero-order valence-corrected chi connectivity index (χ0v) is 13.7. The number of aromatic nitrogens is 1. The normalized spacial score (nSPS) is 11.1. The molecule has 0 aliphatic carbocycles. The van der Waals surface area contributed by atoms with E-state index in [0.29, 0.717) is 24.1 Å². The largest absolute Gasteiger partial charge is 0.383 e. The van der Waals surface area contributed by atoms with Crippen LogP contribution in [0.3, 0.4) is 0 Å². The summed E-state index contributed by atoms with van der Waals surface area (Å²) in [6.07, 6.45) is 0. The molecule has 0 bridgehead atoms. The highest BCUT2D eigenvalue weighted by atomic mass is 35.5. The minimum absolute atomic E-state index is 0.571. The summed E-state index contributed by atoms with van der Waals surface area (Å²) < 4.78 is 5.19. The molecule has 0 saturated carbocycles. The van der Waals surface area contributed by atoms with Gasteiger partial charge < -0.3 is 15.0 Å². The molecule has 0 aromatic carbocycles. The molecular formula is C15H26ClN3O. The van der Waals surface area contributed by atoms with Gasteiger partial charge in [0.2, 0.25) is 0 Å². The fraction of sp³-hybridized carbons (Fsp3) is 0.667. The quantitative estimate of drug-likeness (QED) is 0.761. The lowest BCUT2D eigenvalue weighted by molar-refractivity contribution is 0.204. The van der Waals surface area contributed by atoms with Crippen LogP contribution in [0.2, 0.25) is 5.02 Å². The van der Waals surface area contributed by atoms with E-state index in [4.69, 9.17) is 21.3 Å². The Kier molecular flexibility index (Phi) is 7.88. The monoisotopic (exact) mass is 299 g/mol. The Morgan fingerprint density at radius 1 is 1.40 bits per heavy atom. The molecule has 0 unspecified atom stereocenters. The number of nitrogens with zero attached hydrogens (tertiary/aromatic N) is 2. The number of halogens is 1. The number of nitrogens with one attached hydrogen (secondary N) is 1. The van der Waals surface area contributed by atoms with Gasteiger partial charge in [0, 0.05) is 26.7 Å².